The number of amides is 1. The molecule has 1 aromatic carbocycles. The van der Waals surface area contributed by atoms with Crippen LogP contribution in [0.4, 0.5) is 0 Å². The smallest absolute Gasteiger partial charge is 0.329 e. The van der Waals surface area contributed by atoms with Gasteiger partial charge < -0.3 is 15.2 Å². The van der Waals surface area contributed by atoms with Gasteiger partial charge in [0.25, 0.3) is 5.91 Å². The van der Waals surface area contributed by atoms with E-state index < -0.39 is 17.4 Å². The van der Waals surface area contributed by atoms with Crippen LogP contribution in [0.15, 0.2) is 18.2 Å². The zero-order valence-corrected chi connectivity index (χ0v) is 13.9. The molecule has 120 valence electrons. The van der Waals surface area contributed by atoms with Crippen molar-refractivity contribution < 1.29 is 19.4 Å². The Morgan fingerprint density at radius 1 is 1.32 bits per heavy atom. The van der Waals surface area contributed by atoms with Crippen molar-refractivity contribution >= 4 is 46.8 Å². The number of carboxylic acids is 1. The van der Waals surface area contributed by atoms with Gasteiger partial charge in [0.1, 0.15) is 11.3 Å². The van der Waals surface area contributed by atoms with E-state index in [0.29, 0.717) is 34.4 Å². The minimum Gasteiger partial charge on any atom is -0.482 e. The van der Waals surface area contributed by atoms with Gasteiger partial charge in [0, 0.05) is 11.1 Å². The summed E-state index contributed by atoms with van der Waals surface area (Å²) in [7, 11) is 0. The van der Waals surface area contributed by atoms with Gasteiger partial charge >= 0.3 is 5.97 Å². The molecule has 0 aliphatic carbocycles. The monoisotopic (exact) mass is 363 g/mol. The topological polar surface area (TPSA) is 75.6 Å². The lowest BCUT2D eigenvalue weighted by molar-refractivity contribution is -0.148. The number of hydrogen-bond acceptors (Lipinski definition) is 4. The Hall–Kier alpha value is -1.11. The average molecular weight is 364 g/mol. The molecule has 0 bridgehead atoms. The lowest BCUT2D eigenvalue weighted by atomic mass is 9.92. The van der Waals surface area contributed by atoms with Gasteiger partial charge in [-0.1, -0.05) is 23.2 Å². The van der Waals surface area contributed by atoms with E-state index in [1.54, 1.807) is 23.9 Å². The maximum absolute atomic E-state index is 12.0. The van der Waals surface area contributed by atoms with Gasteiger partial charge in [0.05, 0.1) is 5.02 Å². The minimum atomic E-state index is -1.20. The fraction of sp³-hybridized carbons (Fsp3) is 0.429. The molecular weight excluding hydrogens is 349 g/mol. The number of rotatable bonds is 5. The third kappa shape index (κ3) is 4.21. The van der Waals surface area contributed by atoms with Crippen molar-refractivity contribution in [2.75, 3.05) is 18.1 Å². The predicted molar refractivity (Wildman–Crippen MR) is 87.0 cm³/mol. The van der Waals surface area contributed by atoms with Gasteiger partial charge in [0.2, 0.25) is 0 Å². The molecule has 1 aliphatic rings. The average Bonchev–Trinajstić information content (AvgIpc) is 2.49. The normalized spacial score (nSPS) is 16.8. The Morgan fingerprint density at radius 2 is 2.00 bits per heavy atom. The summed E-state index contributed by atoms with van der Waals surface area (Å²) in [6.07, 6.45) is 0.799. The molecule has 0 aromatic heterocycles. The fourth-order valence-corrected chi connectivity index (χ4v) is 3.67. The highest BCUT2D eigenvalue weighted by Gasteiger charge is 2.41. The third-order valence-electron chi connectivity index (χ3n) is 3.39. The van der Waals surface area contributed by atoms with E-state index in [4.69, 9.17) is 27.9 Å². The molecule has 0 spiro atoms. The van der Waals surface area contributed by atoms with Crippen molar-refractivity contribution in [3.8, 4) is 5.75 Å². The zero-order valence-electron chi connectivity index (χ0n) is 11.6. The molecule has 1 heterocycles. The maximum Gasteiger partial charge on any atom is 0.329 e. The van der Waals surface area contributed by atoms with Gasteiger partial charge in [-0.15, -0.1) is 0 Å². The first kappa shape index (κ1) is 17.2. The summed E-state index contributed by atoms with van der Waals surface area (Å²) in [6.45, 7) is -0.317. The van der Waals surface area contributed by atoms with Crippen molar-refractivity contribution in [3.05, 3.63) is 28.2 Å². The molecule has 0 atom stereocenters. The predicted octanol–water partition coefficient (Wildman–Crippen LogP) is 2.84. The van der Waals surface area contributed by atoms with Crippen LogP contribution in [0.3, 0.4) is 0 Å². The Balaban J connectivity index is 1.97. The first-order valence-electron chi connectivity index (χ1n) is 6.63. The molecule has 8 heteroatoms. The first-order valence-corrected chi connectivity index (χ1v) is 8.54. The lowest BCUT2D eigenvalue weighted by Crippen LogP contribution is -2.57. The van der Waals surface area contributed by atoms with Crippen molar-refractivity contribution in [1.82, 2.24) is 5.32 Å². The molecule has 1 aliphatic heterocycles. The molecule has 0 unspecified atom stereocenters. The standard InChI is InChI=1S/C14H15Cl2NO4S/c15-9-1-2-10(16)11(7-9)21-8-12(18)17-14(13(19)20)3-5-22-6-4-14/h1-2,7H,3-6,8H2,(H,17,18)(H,19,20). The van der Waals surface area contributed by atoms with Gasteiger partial charge in [-0.3, -0.25) is 4.79 Å². The van der Waals surface area contributed by atoms with E-state index >= 15 is 0 Å². The van der Waals surface area contributed by atoms with Crippen molar-refractivity contribution in [2.45, 2.75) is 18.4 Å². The Bertz CT molecular complexity index is 576. The second kappa shape index (κ2) is 7.44. The Morgan fingerprint density at radius 3 is 2.64 bits per heavy atom. The van der Waals surface area contributed by atoms with Crippen LogP contribution in [-0.2, 0) is 9.59 Å². The lowest BCUT2D eigenvalue weighted by Gasteiger charge is -2.33. The van der Waals surface area contributed by atoms with Crippen molar-refractivity contribution in [1.29, 1.82) is 0 Å². The Labute approximate surface area is 142 Å². The van der Waals surface area contributed by atoms with E-state index in [0.717, 1.165) is 0 Å². The van der Waals surface area contributed by atoms with Crippen LogP contribution in [0.2, 0.25) is 10.0 Å². The molecule has 1 saturated heterocycles. The fourth-order valence-electron chi connectivity index (χ4n) is 2.15. The van der Waals surface area contributed by atoms with Crippen molar-refractivity contribution in [3.63, 3.8) is 0 Å². The highest BCUT2D eigenvalue weighted by atomic mass is 35.5. The van der Waals surface area contributed by atoms with Crippen LogP contribution >= 0.6 is 35.0 Å². The van der Waals surface area contributed by atoms with Crippen LogP contribution < -0.4 is 10.1 Å². The summed E-state index contributed by atoms with van der Waals surface area (Å²) in [4.78, 5) is 23.5. The van der Waals surface area contributed by atoms with Crippen LogP contribution in [0.1, 0.15) is 12.8 Å². The zero-order chi connectivity index (χ0) is 16.2. The van der Waals surface area contributed by atoms with E-state index in [1.807, 2.05) is 0 Å². The number of thioether (sulfide) groups is 1. The highest BCUT2D eigenvalue weighted by molar-refractivity contribution is 7.99. The third-order valence-corrected chi connectivity index (χ3v) is 4.92. The maximum atomic E-state index is 12.0. The second-order valence-corrected chi connectivity index (χ2v) is 6.98. The summed E-state index contributed by atoms with van der Waals surface area (Å²) < 4.78 is 5.32. The molecule has 22 heavy (non-hydrogen) atoms. The van der Waals surface area contributed by atoms with Crippen LogP contribution in [0.25, 0.3) is 0 Å². The Kier molecular flexibility index (Phi) is 5.83. The number of aliphatic carboxylic acids is 1. The van der Waals surface area contributed by atoms with E-state index in [-0.39, 0.29) is 12.4 Å². The quantitative estimate of drug-likeness (QED) is 0.840. The number of nitrogens with one attached hydrogen (secondary N) is 1. The van der Waals surface area contributed by atoms with Gasteiger partial charge in [-0.05, 0) is 36.5 Å². The number of halogens is 2. The van der Waals surface area contributed by atoms with Gasteiger partial charge in [0.15, 0.2) is 6.61 Å². The summed E-state index contributed by atoms with van der Waals surface area (Å²) in [5, 5.41) is 12.8. The largest absolute Gasteiger partial charge is 0.482 e. The summed E-state index contributed by atoms with van der Waals surface area (Å²) in [5.74, 6) is 0.182. The molecule has 2 N–H and O–H groups in total. The highest BCUT2D eigenvalue weighted by Crippen LogP contribution is 2.29. The second-order valence-electron chi connectivity index (χ2n) is 4.91. The summed E-state index contributed by atoms with van der Waals surface area (Å²) >= 11 is 13.4. The minimum absolute atomic E-state index is 0.285. The van der Waals surface area contributed by atoms with E-state index in [9.17, 15) is 14.7 Å². The molecule has 1 aromatic rings. The summed E-state index contributed by atoms with van der Waals surface area (Å²) in [5.41, 5.74) is -1.20. The number of carbonyl (C=O) groups is 2. The van der Waals surface area contributed by atoms with E-state index in [2.05, 4.69) is 5.32 Å². The van der Waals surface area contributed by atoms with Crippen molar-refractivity contribution in [2.24, 2.45) is 0 Å². The number of hydrogen-bond donors (Lipinski definition) is 2. The molecule has 2 rings (SSSR count). The molecule has 0 saturated carbocycles. The van der Waals surface area contributed by atoms with Gasteiger partial charge in [-0.2, -0.15) is 11.8 Å². The molecule has 5 nitrogen and oxygen atoms in total. The number of carboxylic acid groups (broad SMARTS) is 1. The molecule has 0 radical (unpaired) electrons. The van der Waals surface area contributed by atoms with E-state index in [1.165, 1.54) is 6.07 Å². The summed E-state index contributed by atoms with van der Waals surface area (Å²) in [6, 6.07) is 4.67. The van der Waals surface area contributed by atoms with Crippen LogP contribution in [-0.4, -0.2) is 40.6 Å². The number of carbonyl (C=O) groups excluding carboxylic acids is 1. The number of ether oxygens (including phenoxy) is 1. The molecule has 1 amide bonds. The van der Waals surface area contributed by atoms with Gasteiger partial charge in [-0.25, -0.2) is 4.79 Å². The van der Waals surface area contributed by atoms with Crippen LogP contribution in [0.5, 0.6) is 5.75 Å². The molecule has 1 fully saturated rings. The number of benzene rings is 1. The molecular formula is C14H15Cl2NO4S. The van der Waals surface area contributed by atoms with Crippen LogP contribution in [0, 0.1) is 0 Å². The first-order chi connectivity index (χ1) is 10.4. The SMILES string of the molecule is O=C(COc1cc(Cl)ccc1Cl)NC1(C(=O)O)CCSCC1.